The molecule has 2 aromatic carbocycles. The van der Waals surface area contributed by atoms with E-state index < -0.39 is 6.04 Å². The minimum Gasteiger partial charge on any atom is -0.493 e. The van der Waals surface area contributed by atoms with Crippen molar-refractivity contribution in [3.05, 3.63) is 57.6 Å². The van der Waals surface area contributed by atoms with Crippen molar-refractivity contribution in [1.29, 1.82) is 0 Å². The zero-order chi connectivity index (χ0) is 23.7. The lowest BCUT2D eigenvalue weighted by Gasteiger charge is -2.31. The molecule has 2 rings (SSSR count). The molecule has 0 aliphatic carbocycles. The Morgan fingerprint density at radius 1 is 1.03 bits per heavy atom. The van der Waals surface area contributed by atoms with Crippen LogP contribution in [0.5, 0.6) is 11.5 Å². The van der Waals surface area contributed by atoms with E-state index in [2.05, 4.69) is 5.32 Å². The van der Waals surface area contributed by atoms with Crippen LogP contribution in [0.15, 0.2) is 36.4 Å². The summed E-state index contributed by atoms with van der Waals surface area (Å²) in [6.45, 7) is 4.45. The molecule has 0 saturated heterocycles. The molecule has 0 aliphatic heterocycles. The second-order valence-corrected chi connectivity index (χ2v) is 8.11. The largest absolute Gasteiger partial charge is 0.493 e. The van der Waals surface area contributed by atoms with E-state index in [9.17, 15) is 9.59 Å². The maximum Gasteiger partial charge on any atom is 0.242 e. The molecule has 8 heteroatoms. The minimum absolute atomic E-state index is 0.135. The standard InChI is InChI=1S/C24H30Cl2N2O4/c1-5-20(24(30)27-6-2)28(15-17-9-10-18(25)14-19(17)26)23(29)12-8-16-7-11-21(31-3)22(13-16)32-4/h7,9-11,13-14,20H,5-6,8,12,15H2,1-4H3,(H,27,30)/t20-/m0/s1. The molecule has 0 fully saturated rings. The molecule has 2 aromatic rings. The summed E-state index contributed by atoms with van der Waals surface area (Å²) in [7, 11) is 3.15. The Kier molecular flexibility index (Phi) is 10.1. The van der Waals surface area contributed by atoms with E-state index in [-0.39, 0.29) is 24.8 Å². The smallest absolute Gasteiger partial charge is 0.242 e. The van der Waals surface area contributed by atoms with Crippen molar-refractivity contribution in [3.8, 4) is 11.5 Å². The van der Waals surface area contributed by atoms with Crippen molar-refractivity contribution in [2.75, 3.05) is 20.8 Å². The van der Waals surface area contributed by atoms with Crippen LogP contribution >= 0.6 is 23.2 Å². The number of ether oxygens (including phenoxy) is 2. The molecule has 0 aromatic heterocycles. The number of aryl methyl sites for hydroxylation is 1. The molecule has 2 amide bonds. The predicted molar refractivity (Wildman–Crippen MR) is 128 cm³/mol. The Labute approximate surface area is 199 Å². The van der Waals surface area contributed by atoms with Gasteiger partial charge in [0.25, 0.3) is 0 Å². The first-order valence-corrected chi connectivity index (χ1v) is 11.3. The quantitative estimate of drug-likeness (QED) is 0.497. The number of benzene rings is 2. The first kappa shape index (κ1) is 25.8. The van der Waals surface area contributed by atoms with E-state index in [1.807, 2.05) is 32.0 Å². The number of hydrogen-bond acceptors (Lipinski definition) is 4. The minimum atomic E-state index is -0.598. The van der Waals surface area contributed by atoms with Crippen molar-refractivity contribution >= 4 is 35.0 Å². The van der Waals surface area contributed by atoms with Gasteiger partial charge in [0.15, 0.2) is 11.5 Å². The van der Waals surface area contributed by atoms with E-state index >= 15 is 0 Å². The van der Waals surface area contributed by atoms with Crippen molar-refractivity contribution in [2.45, 2.75) is 45.7 Å². The number of methoxy groups -OCH3 is 2. The van der Waals surface area contributed by atoms with E-state index in [4.69, 9.17) is 32.7 Å². The summed E-state index contributed by atoms with van der Waals surface area (Å²) >= 11 is 12.4. The molecule has 6 nitrogen and oxygen atoms in total. The lowest BCUT2D eigenvalue weighted by molar-refractivity contribution is -0.141. The number of nitrogens with one attached hydrogen (secondary N) is 1. The van der Waals surface area contributed by atoms with Gasteiger partial charge in [0, 0.05) is 29.6 Å². The molecule has 1 N–H and O–H groups in total. The normalized spacial score (nSPS) is 11.6. The molecule has 174 valence electrons. The molecule has 0 aliphatic rings. The highest BCUT2D eigenvalue weighted by Gasteiger charge is 2.28. The fourth-order valence-corrected chi connectivity index (χ4v) is 3.94. The third kappa shape index (κ3) is 6.78. The average Bonchev–Trinajstić information content (AvgIpc) is 2.78. The number of nitrogens with zero attached hydrogens (tertiary/aromatic N) is 1. The molecular formula is C24H30Cl2N2O4. The zero-order valence-electron chi connectivity index (χ0n) is 18.9. The van der Waals surface area contributed by atoms with Gasteiger partial charge in [0.05, 0.1) is 14.2 Å². The fourth-order valence-electron chi connectivity index (χ4n) is 3.48. The topological polar surface area (TPSA) is 67.9 Å². The highest BCUT2D eigenvalue weighted by Crippen LogP contribution is 2.28. The number of likely N-dealkylation sites (N-methyl/N-ethyl adjacent to an activating group) is 1. The van der Waals surface area contributed by atoms with Crippen LogP contribution in [0, 0.1) is 0 Å². The summed E-state index contributed by atoms with van der Waals surface area (Å²) in [5.74, 6) is 0.920. The molecule has 0 heterocycles. The van der Waals surface area contributed by atoms with Gasteiger partial charge in [-0.15, -0.1) is 0 Å². The lowest BCUT2D eigenvalue weighted by atomic mass is 10.1. The van der Waals surface area contributed by atoms with Crippen molar-refractivity contribution < 1.29 is 19.1 Å². The third-order valence-electron chi connectivity index (χ3n) is 5.17. The number of hydrogen-bond donors (Lipinski definition) is 1. The van der Waals surface area contributed by atoms with Crippen LogP contribution in [-0.4, -0.2) is 43.5 Å². The van der Waals surface area contributed by atoms with Gasteiger partial charge in [-0.25, -0.2) is 0 Å². The van der Waals surface area contributed by atoms with Crippen molar-refractivity contribution in [1.82, 2.24) is 10.2 Å². The number of carbonyl (C=O) groups excluding carboxylic acids is 2. The van der Waals surface area contributed by atoms with E-state index in [0.29, 0.717) is 40.9 Å². The second-order valence-electron chi connectivity index (χ2n) is 7.27. The van der Waals surface area contributed by atoms with Crippen LogP contribution in [0.2, 0.25) is 10.0 Å². The first-order valence-electron chi connectivity index (χ1n) is 10.6. The highest BCUT2D eigenvalue weighted by molar-refractivity contribution is 6.35. The molecule has 0 unspecified atom stereocenters. The Hall–Kier alpha value is -2.44. The van der Waals surface area contributed by atoms with Crippen LogP contribution in [0.25, 0.3) is 0 Å². The molecule has 0 spiro atoms. The van der Waals surface area contributed by atoms with E-state index in [1.54, 1.807) is 37.3 Å². The Morgan fingerprint density at radius 2 is 1.75 bits per heavy atom. The summed E-state index contributed by atoms with van der Waals surface area (Å²) in [5.41, 5.74) is 1.67. The summed E-state index contributed by atoms with van der Waals surface area (Å²) in [6, 6.07) is 10.1. The second kappa shape index (κ2) is 12.6. The Morgan fingerprint density at radius 3 is 2.34 bits per heavy atom. The van der Waals surface area contributed by atoms with Crippen molar-refractivity contribution in [2.24, 2.45) is 0 Å². The van der Waals surface area contributed by atoms with Crippen molar-refractivity contribution in [3.63, 3.8) is 0 Å². The SMILES string of the molecule is CCNC(=O)[C@H](CC)N(Cc1ccc(Cl)cc1Cl)C(=O)CCc1ccc(OC)c(OC)c1. The highest BCUT2D eigenvalue weighted by atomic mass is 35.5. The Bertz CT molecular complexity index is 936. The fraction of sp³-hybridized carbons (Fsp3) is 0.417. The molecule has 32 heavy (non-hydrogen) atoms. The van der Waals surface area contributed by atoms with Gasteiger partial charge < -0.3 is 19.7 Å². The van der Waals surface area contributed by atoms with Gasteiger partial charge in [-0.1, -0.05) is 42.3 Å². The van der Waals surface area contributed by atoms with E-state index in [1.165, 1.54) is 0 Å². The predicted octanol–water partition coefficient (Wildman–Crippen LogP) is 4.89. The monoisotopic (exact) mass is 480 g/mol. The van der Waals surface area contributed by atoms with Gasteiger partial charge in [0.2, 0.25) is 11.8 Å². The number of carbonyl (C=O) groups is 2. The van der Waals surface area contributed by atoms with Gasteiger partial charge in [-0.2, -0.15) is 0 Å². The molecule has 0 saturated carbocycles. The van der Waals surface area contributed by atoms with Crippen LogP contribution in [0.4, 0.5) is 0 Å². The van der Waals surface area contributed by atoms with Crippen LogP contribution in [0.3, 0.4) is 0 Å². The van der Waals surface area contributed by atoms with Crippen LogP contribution in [0.1, 0.15) is 37.8 Å². The first-order chi connectivity index (χ1) is 15.3. The summed E-state index contributed by atoms with van der Waals surface area (Å²) in [4.78, 5) is 27.6. The average molecular weight is 481 g/mol. The van der Waals surface area contributed by atoms with Crippen LogP contribution < -0.4 is 14.8 Å². The summed E-state index contributed by atoms with van der Waals surface area (Å²) in [5, 5.41) is 3.80. The van der Waals surface area contributed by atoms with Crippen LogP contribution in [-0.2, 0) is 22.6 Å². The summed E-state index contributed by atoms with van der Waals surface area (Å²) in [6.07, 6.45) is 1.21. The van der Waals surface area contributed by atoms with Gasteiger partial charge in [-0.3, -0.25) is 9.59 Å². The summed E-state index contributed by atoms with van der Waals surface area (Å²) < 4.78 is 10.6. The maximum atomic E-state index is 13.3. The van der Waals surface area contributed by atoms with Gasteiger partial charge in [-0.05, 0) is 55.2 Å². The van der Waals surface area contributed by atoms with E-state index in [0.717, 1.165) is 11.1 Å². The molecule has 0 radical (unpaired) electrons. The number of halogens is 2. The zero-order valence-corrected chi connectivity index (χ0v) is 20.4. The maximum absolute atomic E-state index is 13.3. The lowest BCUT2D eigenvalue weighted by Crippen LogP contribution is -2.49. The molecule has 1 atom stereocenters. The third-order valence-corrected chi connectivity index (χ3v) is 5.76. The van der Waals surface area contributed by atoms with Gasteiger partial charge >= 0.3 is 0 Å². The number of rotatable bonds is 11. The Balaban J connectivity index is 2.25. The number of amides is 2. The molecule has 0 bridgehead atoms. The van der Waals surface area contributed by atoms with Gasteiger partial charge in [0.1, 0.15) is 6.04 Å². The molecular weight excluding hydrogens is 451 g/mol.